The lowest BCUT2D eigenvalue weighted by atomic mass is 10.2. The zero-order valence-corrected chi connectivity index (χ0v) is 5.75. The number of alkyl halides is 1. The molecular formula is C7H11Cl. The van der Waals surface area contributed by atoms with Crippen LogP contribution in [0.4, 0.5) is 0 Å². The van der Waals surface area contributed by atoms with Crippen LogP contribution in [-0.4, -0.2) is 5.88 Å². The Labute approximate surface area is 55.5 Å². The quantitative estimate of drug-likeness (QED) is 0.407. The van der Waals surface area contributed by atoms with E-state index in [1.165, 1.54) is 24.8 Å². The average molecular weight is 131 g/mol. The molecule has 8 heavy (non-hydrogen) atoms. The van der Waals surface area contributed by atoms with Crippen molar-refractivity contribution in [3.63, 3.8) is 0 Å². The van der Waals surface area contributed by atoms with Crippen LogP contribution in [0.3, 0.4) is 0 Å². The minimum Gasteiger partial charge on any atom is -0.122 e. The van der Waals surface area contributed by atoms with Gasteiger partial charge >= 0.3 is 0 Å². The smallest absolute Gasteiger partial charge is 0.0431 e. The zero-order valence-electron chi connectivity index (χ0n) is 4.99. The Morgan fingerprint density at radius 1 is 1.62 bits per heavy atom. The van der Waals surface area contributed by atoms with Crippen molar-refractivity contribution >= 4 is 11.6 Å². The van der Waals surface area contributed by atoms with E-state index in [0.29, 0.717) is 5.88 Å². The number of hydrogen-bond acceptors (Lipinski definition) is 0. The largest absolute Gasteiger partial charge is 0.122 e. The summed E-state index contributed by atoms with van der Waals surface area (Å²) in [6.07, 6.45) is 3.97. The maximum absolute atomic E-state index is 5.52. The first-order valence-electron chi connectivity index (χ1n) is 3.05. The van der Waals surface area contributed by atoms with Gasteiger partial charge in [-0.2, -0.15) is 0 Å². The van der Waals surface area contributed by atoms with E-state index in [9.17, 15) is 0 Å². The van der Waals surface area contributed by atoms with Crippen molar-refractivity contribution in [2.24, 2.45) is 5.92 Å². The van der Waals surface area contributed by atoms with Crippen LogP contribution in [0.5, 0.6) is 0 Å². The van der Waals surface area contributed by atoms with Gasteiger partial charge in [0.05, 0.1) is 0 Å². The minimum absolute atomic E-state index is 0.649. The third-order valence-electron chi connectivity index (χ3n) is 1.46. The summed E-state index contributed by atoms with van der Waals surface area (Å²) in [6.45, 7) is 3.82. The second kappa shape index (κ2) is 2.54. The summed E-state index contributed by atoms with van der Waals surface area (Å²) in [7, 11) is 0. The molecule has 1 aliphatic carbocycles. The second-order valence-corrected chi connectivity index (χ2v) is 2.80. The van der Waals surface area contributed by atoms with Gasteiger partial charge in [-0.25, -0.2) is 0 Å². The highest BCUT2D eigenvalue weighted by Crippen LogP contribution is 2.34. The van der Waals surface area contributed by atoms with Crippen LogP contribution < -0.4 is 0 Å². The molecule has 0 bridgehead atoms. The Morgan fingerprint density at radius 2 is 2.25 bits per heavy atom. The van der Waals surface area contributed by atoms with Gasteiger partial charge in [-0.05, 0) is 25.2 Å². The van der Waals surface area contributed by atoms with Crippen LogP contribution in [0.1, 0.15) is 19.3 Å². The van der Waals surface area contributed by atoms with Crippen molar-refractivity contribution in [3.8, 4) is 0 Å². The molecule has 1 rings (SSSR count). The molecule has 0 radical (unpaired) electrons. The van der Waals surface area contributed by atoms with E-state index in [-0.39, 0.29) is 0 Å². The molecule has 0 aromatic heterocycles. The number of hydrogen-bond donors (Lipinski definition) is 0. The third-order valence-corrected chi connectivity index (χ3v) is 1.84. The summed E-state index contributed by atoms with van der Waals surface area (Å²) in [4.78, 5) is 0. The third kappa shape index (κ3) is 1.87. The molecule has 0 atom stereocenters. The first-order valence-corrected chi connectivity index (χ1v) is 3.59. The molecule has 0 spiro atoms. The van der Waals surface area contributed by atoms with E-state index in [0.717, 1.165) is 5.92 Å². The molecular weight excluding hydrogens is 120 g/mol. The topological polar surface area (TPSA) is 0 Å². The highest BCUT2D eigenvalue weighted by atomic mass is 35.5. The molecule has 0 aromatic rings. The van der Waals surface area contributed by atoms with E-state index < -0.39 is 0 Å². The second-order valence-electron chi connectivity index (χ2n) is 2.53. The molecule has 0 N–H and O–H groups in total. The molecule has 0 saturated heterocycles. The predicted molar refractivity (Wildman–Crippen MR) is 37.2 cm³/mol. The van der Waals surface area contributed by atoms with E-state index in [1.54, 1.807) is 0 Å². The fourth-order valence-electron chi connectivity index (χ4n) is 0.785. The lowest BCUT2D eigenvalue weighted by molar-refractivity contribution is 0.825. The van der Waals surface area contributed by atoms with Gasteiger partial charge in [-0.15, -0.1) is 11.6 Å². The van der Waals surface area contributed by atoms with Crippen LogP contribution in [0, 0.1) is 5.92 Å². The van der Waals surface area contributed by atoms with Gasteiger partial charge in [-0.3, -0.25) is 0 Å². The van der Waals surface area contributed by atoms with E-state index in [4.69, 9.17) is 11.6 Å². The zero-order chi connectivity index (χ0) is 5.98. The van der Waals surface area contributed by atoms with Crippen molar-refractivity contribution in [2.75, 3.05) is 5.88 Å². The number of rotatable bonds is 3. The van der Waals surface area contributed by atoms with Crippen LogP contribution in [0.15, 0.2) is 12.2 Å². The Hall–Kier alpha value is 0.0300. The van der Waals surface area contributed by atoms with Crippen molar-refractivity contribution in [1.29, 1.82) is 0 Å². The molecule has 46 valence electrons. The van der Waals surface area contributed by atoms with Crippen molar-refractivity contribution < 1.29 is 0 Å². The van der Waals surface area contributed by atoms with E-state index in [2.05, 4.69) is 6.58 Å². The van der Waals surface area contributed by atoms with Gasteiger partial charge in [0.2, 0.25) is 0 Å². The predicted octanol–water partition coefficient (Wildman–Crippen LogP) is 2.58. The lowest BCUT2D eigenvalue weighted by Crippen LogP contribution is -1.82. The van der Waals surface area contributed by atoms with Crippen LogP contribution in [0.25, 0.3) is 0 Å². The summed E-state index contributed by atoms with van der Waals surface area (Å²) in [6, 6.07) is 0. The van der Waals surface area contributed by atoms with Gasteiger partial charge in [0.1, 0.15) is 0 Å². The first kappa shape index (κ1) is 6.15. The van der Waals surface area contributed by atoms with Crippen LogP contribution in [0.2, 0.25) is 0 Å². The maximum Gasteiger partial charge on any atom is 0.0431 e. The minimum atomic E-state index is 0.649. The standard InChI is InChI=1S/C7H11Cl/c1-6(5-8)4-7-2-3-7/h7H,1-5H2. The summed E-state index contributed by atoms with van der Waals surface area (Å²) in [5.41, 5.74) is 1.20. The highest BCUT2D eigenvalue weighted by molar-refractivity contribution is 6.19. The average Bonchev–Trinajstić information content (AvgIpc) is 2.50. The Bertz CT molecular complexity index is 92.6. The molecule has 0 aliphatic heterocycles. The van der Waals surface area contributed by atoms with Crippen molar-refractivity contribution in [3.05, 3.63) is 12.2 Å². The monoisotopic (exact) mass is 130 g/mol. The highest BCUT2D eigenvalue weighted by Gasteiger charge is 2.21. The van der Waals surface area contributed by atoms with Gasteiger partial charge in [-0.1, -0.05) is 12.2 Å². The summed E-state index contributed by atoms with van der Waals surface area (Å²) < 4.78 is 0. The van der Waals surface area contributed by atoms with Crippen molar-refractivity contribution in [2.45, 2.75) is 19.3 Å². The van der Waals surface area contributed by atoms with Crippen molar-refractivity contribution in [1.82, 2.24) is 0 Å². The Morgan fingerprint density at radius 3 is 2.62 bits per heavy atom. The lowest BCUT2D eigenvalue weighted by Gasteiger charge is -1.94. The van der Waals surface area contributed by atoms with Gasteiger partial charge < -0.3 is 0 Å². The van der Waals surface area contributed by atoms with Crippen LogP contribution in [-0.2, 0) is 0 Å². The molecule has 0 nitrogen and oxygen atoms in total. The summed E-state index contributed by atoms with van der Waals surface area (Å²) in [5, 5.41) is 0. The normalized spacial score (nSPS) is 18.6. The van der Waals surface area contributed by atoms with Gasteiger partial charge in [0.25, 0.3) is 0 Å². The SMILES string of the molecule is C=C(CCl)CC1CC1. The summed E-state index contributed by atoms with van der Waals surface area (Å²) in [5.74, 6) is 1.59. The molecule has 0 unspecified atom stereocenters. The Kier molecular flexibility index (Phi) is 1.95. The molecule has 0 aromatic carbocycles. The fraction of sp³-hybridized carbons (Fsp3) is 0.714. The molecule has 1 heteroatoms. The Balaban J connectivity index is 2.07. The van der Waals surface area contributed by atoms with Crippen LogP contribution >= 0.6 is 11.6 Å². The summed E-state index contributed by atoms with van der Waals surface area (Å²) >= 11 is 5.52. The molecule has 1 aliphatic rings. The maximum atomic E-state index is 5.52. The molecule has 1 saturated carbocycles. The molecule has 0 amide bonds. The van der Waals surface area contributed by atoms with Gasteiger partial charge in [0, 0.05) is 5.88 Å². The fourth-order valence-corrected chi connectivity index (χ4v) is 0.894. The number of halogens is 1. The van der Waals surface area contributed by atoms with E-state index >= 15 is 0 Å². The first-order chi connectivity index (χ1) is 3.83. The molecule has 0 heterocycles. The number of allylic oxidation sites excluding steroid dienone is 1. The van der Waals surface area contributed by atoms with E-state index in [1.807, 2.05) is 0 Å². The van der Waals surface area contributed by atoms with Gasteiger partial charge in [0.15, 0.2) is 0 Å². The molecule has 1 fully saturated rings.